The van der Waals surface area contributed by atoms with Crippen LogP contribution in [0.1, 0.15) is 52.3 Å². The van der Waals surface area contributed by atoms with Gasteiger partial charge in [0.2, 0.25) is 0 Å². The molecule has 0 N–H and O–H groups in total. The van der Waals surface area contributed by atoms with Crippen LogP contribution in [0.15, 0.2) is 114 Å². The molecule has 0 atom stereocenters. The second-order valence-corrected chi connectivity index (χ2v) is 9.93. The minimum absolute atomic E-state index is 0.979. The molecule has 0 aliphatic heterocycles. The monoisotopic (exact) mass is 500 g/mol. The van der Waals surface area contributed by atoms with Crippen molar-refractivity contribution in [3.63, 3.8) is 0 Å². The highest BCUT2D eigenvalue weighted by Crippen LogP contribution is 2.32. The number of hydrogen-bond donors (Lipinski definition) is 0. The van der Waals surface area contributed by atoms with E-state index in [9.17, 15) is 0 Å². The first-order chi connectivity index (χ1) is 18.3. The maximum Gasteiger partial charge on any atom is 0.0534 e. The lowest BCUT2D eigenvalue weighted by Gasteiger charge is -2.20. The number of benzene rings is 3. The van der Waals surface area contributed by atoms with E-state index >= 15 is 0 Å². The summed E-state index contributed by atoms with van der Waals surface area (Å²) in [7, 11) is 2.13. The Morgan fingerprint density at radius 1 is 0.816 bits per heavy atom. The number of rotatable bonds is 8. The molecule has 0 unspecified atom stereocenters. The van der Waals surface area contributed by atoms with E-state index < -0.39 is 0 Å². The van der Waals surface area contributed by atoms with Gasteiger partial charge in [-0.05, 0) is 93.7 Å². The van der Waals surface area contributed by atoms with Crippen LogP contribution in [0, 0.1) is 6.92 Å². The van der Waals surface area contributed by atoms with Crippen molar-refractivity contribution in [2.75, 3.05) is 11.9 Å². The van der Waals surface area contributed by atoms with Crippen LogP contribution in [-0.4, -0.2) is 11.6 Å². The van der Waals surface area contributed by atoms with Crippen molar-refractivity contribution in [1.82, 2.24) is 4.57 Å². The molecule has 1 heterocycles. The molecule has 0 amide bonds. The molecule has 194 valence electrons. The van der Waals surface area contributed by atoms with Gasteiger partial charge in [0.1, 0.15) is 0 Å². The lowest BCUT2D eigenvalue weighted by Crippen LogP contribution is -2.13. The van der Waals surface area contributed by atoms with Crippen LogP contribution >= 0.6 is 0 Å². The number of para-hydroxylation sites is 1. The lowest BCUT2D eigenvalue weighted by atomic mass is 10.00. The van der Waals surface area contributed by atoms with E-state index in [1.54, 1.807) is 0 Å². The molecule has 3 aromatic carbocycles. The number of allylic oxidation sites excluding steroid dienone is 7. The SMILES string of the molecule is CC=C(C)n1c(C)c(C=C(C)C(=CC=C(C)N(C)c2ccc(-c3ccccc3)cc2)CC)c2ccccc21. The minimum Gasteiger partial charge on any atom is -0.348 e. The van der Waals surface area contributed by atoms with Crippen molar-refractivity contribution in [2.24, 2.45) is 0 Å². The van der Waals surface area contributed by atoms with E-state index in [4.69, 9.17) is 0 Å². The van der Waals surface area contributed by atoms with Crippen LogP contribution in [0.3, 0.4) is 0 Å². The zero-order valence-electron chi connectivity index (χ0n) is 23.9. The van der Waals surface area contributed by atoms with Crippen molar-refractivity contribution >= 4 is 28.4 Å². The van der Waals surface area contributed by atoms with Crippen LogP contribution in [0.4, 0.5) is 5.69 Å². The first kappa shape index (κ1) is 27.0. The third-order valence-corrected chi connectivity index (χ3v) is 7.60. The Morgan fingerprint density at radius 3 is 2.11 bits per heavy atom. The highest BCUT2D eigenvalue weighted by Gasteiger charge is 2.13. The molecule has 4 aromatic rings. The zero-order chi connectivity index (χ0) is 27.2. The number of fused-ring (bicyclic) bond motifs is 1. The average molecular weight is 501 g/mol. The second kappa shape index (κ2) is 12.0. The third kappa shape index (κ3) is 5.60. The molecule has 38 heavy (non-hydrogen) atoms. The molecule has 0 radical (unpaired) electrons. The Balaban J connectivity index is 1.61. The molecule has 0 bridgehead atoms. The molecule has 0 saturated carbocycles. The molecule has 0 aliphatic rings. The Hall–Kier alpha value is -4.04. The molecule has 0 aliphatic carbocycles. The van der Waals surface area contributed by atoms with Gasteiger partial charge in [0.25, 0.3) is 0 Å². The van der Waals surface area contributed by atoms with Crippen molar-refractivity contribution < 1.29 is 0 Å². The standard InChI is InChI=1S/C36H40N2/c1-8-27(4)38-29(6)35(34-17-13-14-18-36(34)38)25-26(3)30(9-2)20-19-28(5)37(7)33-23-21-32(22-24-33)31-15-11-10-12-16-31/h8,10-25H,9H2,1-7H3. The number of hydrogen-bond acceptors (Lipinski definition) is 1. The van der Waals surface area contributed by atoms with Crippen molar-refractivity contribution in [3.05, 3.63) is 125 Å². The predicted molar refractivity (Wildman–Crippen MR) is 168 cm³/mol. The van der Waals surface area contributed by atoms with Crippen molar-refractivity contribution in [3.8, 4) is 11.1 Å². The summed E-state index contributed by atoms with van der Waals surface area (Å²) in [4.78, 5) is 2.25. The van der Waals surface area contributed by atoms with Gasteiger partial charge >= 0.3 is 0 Å². The summed E-state index contributed by atoms with van der Waals surface area (Å²) in [6, 6.07) is 28.0. The van der Waals surface area contributed by atoms with E-state index in [1.165, 1.54) is 61.5 Å². The van der Waals surface area contributed by atoms with Crippen LogP contribution in [0.2, 0.25) is 0 Å². The van der Waals surface area contributed by atoms with Gasteiger partial charge in [0, 0.05) is 40.8 Å². The van der Waals surface area contributed by atoms with Crippen molar-refractivity contribution in [1.29, 1.82) is 0 Å². The highest BCUT2D eigenvalue weighted by molar-refractivity contribution is 5.94. The normalized spacial score (nSPS) is 13.3. The summed E-state index contributed by atoms with van der Waals surface area (Å²) in [5.41, 5.74) is 12.6. The van der Waals surface area contributed by atoms with Crippen LogP contribution in [0.5, 0.6) is 0 Å². The summed E-state index contributed by atoms with van der Waals surface area (Å²) in [6.07, 6.45) is 10.0. The van der Waals surface area contributed by atoms with E-state index in [-0.39, 0.29) is 0 Å². The first-order valence-corrected chi connectivity index (χ1v) is 13.5. The topological polar surface area (TPSA) is 8.17 Å². The molecular weight excluding hydrogens is 460 g/mol. The fourth-order valence-electron chi connectivity index (χ4n) is 5.04. The summed E-state index contributed by atoms with van der Waals surface area (Å²) in [6.45, 7) is 13.1. The Morgan fingerprint density at radius 2 is 1.45 bits per heavy atom. The number of anilines is 1. The first-order valence-electron chi connectivity index (χ1n) is 13.5. The summed E-state index contributed by atoms with van der Waals surface area (Å²) >= 11 is 0. The quantitative estimate of drug-likeness (QED) is 0.218. The fourth-order valence-corrected chi connectivity index (χ4v) is 5.04. The molecule has 0 fully saturated rings. The summed E-state index contributed by atoms with van der Waals surface area (Å²) in [5, 5.41) is 1.30. The maximum atomic E-state index is 2.37. The van der Waals surface area contributed by atoms with Gasteiger partial charge in [0.05, 0.1) is 5.52 Å². The number of nitrogens with zero attached hydrogens (tertiary/aromatic N) is 2. The van der Waals surface area contributed by atoms with Gasteiger partial charge in [-0.25, -0.2) is 0 Å². The summed E-state index contributed by atoms with van der Waals surface area (Å²) < 4.78 is 2.37. The fraction of sp³-hybridized carbons (Fsp3) is 0.222. The maximum absolute atomic E-state index is 2.37. The van der Waals surface area contributed by atoms with Crippen molar-refractivity contribution in [2.45, 2.75) is 48.0 Å². The van der Waals surface area contributed by atoms with E-state index in [2.05, 4.69) is 161 Å². The molecule has 4 rings (SSSR count). The van der Waals surface area contributed by atoms with E-state index in [1.807, 2.05) is 0 Å². The van der Waals surface area contributed by atoms with E-state index in [0.29, 0.717) is 0 Å². The smallest absolute Gasteiger partial charge is 0.0534 e. The molecule has 0 spiro atoms. The minimum atomic E-state index is 0.979. The molecule has 0 saturated heterocycles. The molecule has 1 aromatic heterocycles. The van der Waals surface area contributed by atoms with Gasteiger partial charge < -0.3 is 9.47 Å². The molecule has 2 nitrogen and oxygen atoms in total. The second-order valence-electron chi connectivity index (χ2n) is 9.93. The van der Waals surface area contributed by atoms with Gasteiger partial charge in [0.15, 0.2) is 0 Å². The lowest BCUT2D eigenvalue weighted by molar-refractivity contribution is 1.06. The van der Waals surface area contributed by atoms with Gasteiger partial charge in [-0.15, -0.1) is 0 Å². The molecular formula is C36H40N2. The Kier molecular flexibility index (Phi) is 8.53. The Bertz CT molecular complexity index is 1520. The number of aromatic nitrogens is 1. The molecule has 2 heteroatoms. The van der Waals surface area contributed by atoms with E-state index in [0.717, 1.165) is 6.42 Å². The van der Waals surface area contributed by atoms with Gasteiger partial charge in [-0.1, -0.05) is 79.7 Å². The predicted octanol–water partition coefficient (Wildman–Crippen LogP) is 10.3. The van der Waals surface area contributed by atoms with Crippen LogP contribution in [0.25, 0.3) is 33.8 Å². The van der Waals surface area contributed by atoms with Crippen LogP contribution in [-0.2, 0) is 0 Å². The largest absolute Gasteiger partial charge is 0.348 e. The zero-order valence-corrected chi connectivity index (χ0v) is 23.9. The van der Waals surface area contributed by atoms with Crippen LogP contribution < -0.4 is 4.90 Å². The highest BCUT2D eigenvalue weighted by atomic mass is 15.1. The van der Waals surface area contributed by atoms with Gasteiger partial charge in [-0.3, -0.25) is 0 Å². The Labute approximate surface area is 228 Å². The third-order valence-electron chi connectivity index (χ3n) is 7.60. The average Bonchev–Trinajstić information content (AvgIpc) is 3.23. The summed E-state index contributed by atoms with van der Waals surface area (Å²) in [5.74, 6) is 0. The van der Waals surface area contributed by atoms with Gasteiger partial charge in [-0.2, -0.15) is 0 Å².